The van der Waals surface area contributed by atoms with Gasteiger partial charge in [-0.25, -0.2) is 4.79 Å². The van der Waals surface area contributed by atoms with Crippen LogP contribution in [0.4, 0.5) is 4.79 Å². The number of benzene rings is 1. The highest BCUT2D eigenvalue weighted by Gasteiger charge is 2.20. The molecule has 0 aliphatic carbocycles. The highest BCUT2D eigenvalue weighted by molar-refractivity contribution is 5.59. The number of nitrogens with one attached hydrogen (secondary N) is 1. The molecule has 4 heteroatoms. The van der Waals surface area contributed by atoms with Crippen LogP contribution in [0.25, 0.3) is 0 Å². The Morgan fingerprint density at radius 1 is 1.40 bits per heavy atom. The van der Waals surface area contributed by atoms with E-state index in [0.717, 1.165) is 6.54 Å². The van der Waals surface area contributed by atoms with Crippen LogP contribution < -0.4 is 5.32 Å². The van der Waals surface area contributed by atoms with E-state index in [9.17, 15) is 4.79 Å². The molecule has 0 saturated heterocycles. The Kier molecular flexibility index (Phi) is 2.87. The van der Waals surface area contributed by atoms with Gasteiger partial charge in [-0.05, 0) is 11.1 Å². The number of hydrogen-bond donors (Lipinski definition) is 1. The van der Waals surface area contributed by atoms with Gasteiger partial charge in [0.15, 0.2) is 6.23 Å². The van der Waals surface area contributed by atoms with Crippen molar-refractivity contribution >= 4 is 6.16 Å². The predicted octanol–water partition coefficient (Wildman–Crippen LogP) is 1.44. The van der Waals surface area contributed by atoms with Crippen LogP contribution in [0.5, 0.6) is 0 Å². The fourth-order valence-electron chi connectivity index (χ4n) is 1.67. The molecule has 0 saturated carbocycles. The van der Waals surface area contributed by atoms with Gasteiger partial charge in [0.1, 0.15) is 0 Å². The molecule has 1 aliphatic heterocycles. The number of carbonyl (C=O) groups excluding carboxylic acids is 1. The van der Waals surface area contributed by atoms with E-state index in [1.807, 2.05) is 18.2 Å². The second kappa shape index (κ2) is 4.31. The Hall–Kier alpha value is -1.55. The van der Waals surface area contributed by atoms with Gasteiger partial charge < -0.3 is 9.47 Å². The van der Waals surface area contributed by atoms with Crippen LogP contribution in [0.1, 0.15) is 11.1 Å². The zero-order chi connectivity index (χ0) is 10.7. The van der Waals surface area contributed by atoms with Gasteiger partial charge in [-0.1, -0.05) is 24.3 Å². The molecule has 1 N–H and O–H groups in total. The van der Waals surface area contributed by atoms with Crippen molar-refractivity contribution in [2.24, 2.45) is 0 Å². The van der Waals surface area contributed by atoms with E-state index in [4.69, 9.17) is 4.74 Å². The zero-order valence-electron chi connectivity index (χ0n) is 8.53. The van der Waals surface area contributed by atoms with E-state index in [-0.39, 0.29) is 6.23 Å². The maximum absolute atomic E-state index is 10.9. The Morgan fingerprint density at radius 2 is 2.13 bits per heavy atom. The number of ether oxygens (including phenoxy) is 2. The summed E-state index contributed by atoms with van der Waals surface area (Å²) in [6.45, 7) is 0.720. The molecular formula is C11H13NO3. The van der Waals surface area contributed by atoms with Crippen molar-refractivity contribution in [2.45, 2.75) is 19.2 Å². The third kappa shape index (κ3) is 2.27. The summed E-state index contributed by atoms with van der Waals surface area (Å²) >= 11 is 0. The molecule has 0 aromatic heterocycles. The first kappa shape index (κ1) is 9.98. The van der Waals surface area contributed by atoms with E-state index < -0.39 is 6.16 Å². The summed E-state index contributed by atoms with van der Waals surface area (Å²) in [5, 5.41) is 3.12. The first-order chi connectivity index (χ1) is 7.29. The Morgan fingerprint density at radius 3 is 2.87 bits per heavy atom. The molecule has 15 heavy (non-hydrogen) atoms. The maximum atomic E-state index is 10.9. The van der Waals surface area contributed by atoms with E-state index in [2.05, 4.69) is 16.1 Å². The van der Waals surface area contributed by atoms with Crippen LogP contribution in [0.3, 0.4) is 0 Å². The van der Waals surface area contributed by atoms with Gasteiger partial charge in [0.2, 0.25) is 0 Å². The van der Waals surface area contributed by atoms with E-state index in [1.54, 1.807) is 0 Å². The molecule has 0 spiro atoms. The van der Waals surface area contributed by atoms with Gasteiger partial charge in [-0.15, -0.1) is 0 Å². The van der Waals surface area contributed by atoms with Crippen molar-refractivity contribution < 1.29 is 14.3 Å². The van der Waals surface area contributed by atoms with Crippen molar-refractivity contribution in [3.8, 4) is 0 Å². The topological polar surface area (TPSA) is 47.6 Å². The summed E-state index contributed by atoms with van der Waals surface area (Å²) in [6, 6.07) is 8.10. The zero-order valence-corrected chi connectivity index (χ0v) is 8.53. The molecule has 1 aliphatic rings. The molecule has 1 unspecified atom stereocenters. The molecule has 4 nitrogen and oxygen atoms in total. The lowest BCUT2D eigenvalue weighted by molar-refractivity contribution is 0.0205. The monoisotopic (exact) mass is 207 g/mol. The van der Waals surface area contributed by atoms with Gasteiger partial charge in [0.05, 0.1) is 7.11 Å². The number of carbonyl (C=O) groups is 1. The van der Waals surface area contributed by atoms with Crippen LogP contribution in [0.2, 0.25) is 0 Å². The normalized spacial score (nSPS) is 19.1. The summed E-state index contributed by atoms with van der Waals surface area (Å²) in [5.74, 6) is 0. The first-order valence-electron chi connectivity index (χ1n) is 4.84. The van der Waals surface area contributed by atoms with Crippen LogP contribution in [-0.2, 0) is 22.4 Å². The number of hydrogen-bond acceptors (Lipinski definition) is 4. The Labute approximate surface area is 88.2 Å². The van der Waals surface area contributed by atoms with Gasteiger partial charge in [-0.3, -0.25) is 5.32 Å². The summed E-state index contributed by atoms with van der Waals surface area (Å²) in [7, 11) is 1.30. The first-order valence-corrected chi connectivity index (χ1v) is 4.84. The average molecular weight is 207 g/mol. The summed E-state index contributed by atoms with van der Waals surface area (Å²) in [6.07, 6.45) is -0.245. The van der Waals surface area contributed by atoms with Gasteiger partial charge in [0, 0.05) is 13.0 Å². The molecule has 80 valence electrons. The number of fused-ring (bicyclic) bond motifs is 1. The van der Waals surface area contributed by atoms with Gasteiger partial charge in [-0.2, -0.15) is 0 Å². The SMILES string of the molecule is COC(=O)OC1Cc2ccccc2CN1. The minimum atomic E-state index is -0.646. The molecule has 1 aromatic carbocycles. The van der Waals surface area contributed by atoms with Crippen molar-refractivity contribution in [3.63, 3.8) is 0 Å². The molecule has 1 heterocycles. The smallest absolute Gasteiger partial charge is 0.438 e. The third-order valence-corrected chi connectivity index (χ3v) is 2.45. The minimum Gasteiger partial charge on any atom is -0.438 e. The highest BCUT2D eigenvalue weighted by atomic mass is 16.7. The second-order valence-corrected chi connectivity index (χ2v) is 3.41. The lowest BCUT2D eigenvalue weighted by Crippen LogP contribution is -2.39. The molecule has 0 amide bonds. The number of rotatable bonds is 1. The molecular weight excluding hydrogens is 194 g/mol. The van der Waals surface area contributed by atoms with E-state index >= 15 is 0 Å². The summed E-state index contributed by atoms with van der Waals surface area (Å²) < 4.78 is 9.46. The van der Waals surface area contributed by atoms with E-state index in [0.29, 0.717) is 6.42 Å². The Balaban J connectivity index is 2.02. The van der Waals surface area contributed by atoms with Crippen LogP contribution in [0.15, 0.2) is 24.3 Å². The molecule has 0 radical (unpaired) electrons. The quantitative estimate of drug-likeness (QED) is 0.708. The average Bonchev–Trinajstić information content (AvgIpc) is 2.29. The molecule has 0 fully saturated rings. The largest absolute Gasteiger partial charge is 0.509 e. The standard InChI is InChI=1S/C11H13NO3/c1-14-11(13)15-10-6-8-4-2-3-5-9(8)7-12-10/h2-5,10,12H,6-7H2,1H3. The van der Waals surface area contributed by atoms with Crippen molar-refractivity contribution in [2.75, 3.05) is 7.11 Å². The second-order valence-electron chi connectivity index (χ2n) is 3.41. The van der Waals surface area contributed by atoms with Gasteiger partial charge in [0.25, 0.3) is 0 Å². The molecule has 1 atom stereocenters. The van der Waals surface area contributed by atoms with Crippen molar-refractivity contribution in [1.29, 1.82) is 0 Å². The van der Waals surface area contributed by atoms with Crippen LogP contribution in [0, 0.1) is 0 Å². The molecule has 2 rings (SSSR count). The number of methoxy groups -OCH3 is 1. The lowest BCUT2D eigenvalue weighted by atomic mass is 10.0. The summed E-state index contributed by atoms with van der Waals surface area (Å²) in [4.78, 5) is 10.9. The molecule has 1 aromatic rings. The van der Waals surface area contributed by atoms with Crippen molar-refractivity contribution in [1.82, 2.24) is 5.32 Å². The van der Waals surface area contributed by atoms with Crippen LogP contribution in [-0.4, -0.2) is 19.5 Å². The highest BCUT2D eigenvalue weighted by Crippen LogP contribution is 2.16. The predicted molar refractivity (Wildman–Crippen MR) is 54.3 cm³/mol. The third-order valence-electron chi connectivity index (χ3n) is 2.45. The maximum Gasteiger partial charge on any atom is 0.509 e. The minimum absolute atomic E-state index is 0.285. The summed E-state index contributed by atoms with van der Waals surface area (Å²) in [5.41, 5.74) is 2.47. The van der Waals surface area contributed by atoms with Crippen LogP contribution >= 0.6 is 0 Å². The van der Waals surface area contributed by atoms with Gasteiger partial charge >= 0.3 is 6.16 Å². The fourth-order valence-corrected chi connectivity index (χ4v) is 1.67. The fraction of sp³-hybridized carbons (Fsp3) is 0.364. The molecule has 0 bridgehead atoms. The Bertz CT molecular complexity index is 365. The van der Waals surface area contributed by atoms with Crippen molar-refractivity contribution in [3.05, 3.63) is 35.4 Å². The van der Waals surface area contributed by atoms with E-state index in [1.165, 1.54) is 18.2 Å². The lowest BCUT2D eigenvalue weighted by Gasteiger charge is -2.25.